The Morgan fingerprint density at radius 2 is 2.00 bits per heavy atom. The highest BCUT2D eigenvalue weighted by molar-refractivity contribution is 5.81. The van der Waals surface area contributed by atoms with Crippen LogP contribution >= 0.6 is 0 Å². The molecule has 0 spiro atoms. The van der Waals surface area contributed by atoms with Gasteiger partial charge in [-0.2, -0.15) is 0 Å². The molecule has 2 rings (SSSR count). The molecule has 1 amide bonds. The van der Waals surface area contributed by atoms with E-state index in [2.05, 4.69) is 43.4 Å². The second kappa shape index (κ2) is 4.28. The third-order valence-corrected chi connectivity index (χ3v) is 3.87. The first kappa shape index (κ1) is 11.2. The summed E-state index contributed by atoms with van der Waals surface area (Å²) in [5, 5.41) is 3.10. The standard InChI is InChI=1S/C14H19NO/c1-3-12-14(4-2,10-13(16)15-12)11-8-6-5-7-9-11/h5-9,12H,3-4,10H2,1-2H3,(H,15,16). The van der Waals surface area contributed by atoms with Gasteiger partial charge in [0.15, 0.2) is 0 Å². The van der Waals surface area contributed by atoms with Crippen LogP contribution in [0.5, 0.6) is 0 Å². The van der Waals surface area contributed by atoms with E-state index in [1.165, 1.54) is 5.56 Å². The summed E-state index contributed by atoms with van der Waals surface area (Å²) in [4.78, 5) is 11.6. The lowest BCUT2D eigenvalue weighted by Gasteiger charge is -2.33. The van der Waals surface area contributed by atoms with Crippen LogP contribution in [0.4, 0.5) is 0 Å². The first-order valence-electron chi connectivity index (χ1n) is 6.08. The maximum absolute atomic E-state index is 11.6. The number of amides is 1. The summed E-state index contributed by atoms with van der Waals surface area (Å²) in [7, 11) is 0. The zero-order valence-corrected chi connectivity index (χ0v) is 9.99. The van der Waals surface area contributed by atoms with Crippen molar-refractivity contribution in [3.63, 3.8) is 0 Å². The molecule has 1 aliphatic heterocycles. The van der Waals surface area contributed by atoms with Gasteiger partial charge in [-0.15, -0.1) is 0 Å². The van der Waals surface area contributed by atoms with Crippen LogP contribution in [0.25, 0.3) is 0 Å². The van der Waals surface area contributed by atoms with Crippen molar-refractivity contribution in [3.05, 3.63) is 35.9 Å². The molecule has 86 valence electrons. The summed E-state index contributed by atoms with van der Waals surface area (Å²) in [6.45, 7) is 4.32. The minimum absolute atomic E-state index is 0.00704. The molecule has 2 heteroatoms. The molecule has 0 bridgehead atoms. The molecule has 2 unspecified atom stereocenters. The summed E-state index contributed by atoms with van der Waals surface area (Å²) in [6.07, 6.45) is 2.63. The van der Waals surface area contributed by atoms with E-state index in [1.54, 1.807) is 0 Å². The van der Waals surface area contributed by atoms with Crippen LogP contribution < -0.4 is 5.32 Å². The molecular weight excluding hydrogens is 198 g/mol. The van der Waals surface area contributed by atoms with Crippen LogP contribution in [0, 0.1) is 0 Å². The number of carbonyl (C=O) groups is 1. The molecule has 1 N–H and O–H groups in total. The molecule has 1 aliphatic rings. The van der Waals surface area contributed by atoms with Gasteiger partial charge < -0.3 is 5.32 Å². The van der Waals surface area contributed by atoms with Crippen LogP contribution in [0.15, 0.2) is 30.3 Å². The first-order chi connectivity index (χ1) is 7.73. The quantitative estimate of drug-likeness (QED) is 0.828. The maximum Gasteiger partial charge on any atom is 0.221 e. The molecule has 2 atom stereocenters. The fourth-order valence-electron chi connectivity index (χ4n) is 2.93. The van der Waals surface area contributed by atoms with Gasteiger partial charge in [-0.3, -0.25) is 4.79 Å². The Morgan fingerprint density at radius 1 is 1.31 bits per heavy atom. The highest BCUT2D eigenvalue weighted by atomic mass is 16.2. The van der Waals surface area contributed by atoms with E-state index in [1.807, 2.05) is 6.07 Å². The van der Waals surface area contributed by atoms with Gasteiger partial charge in [0.25, 0.3) is 0 Å². The van der Waals surface area contributed by atoms with Crippen molar-refractivity contribution in [2.24, 2.45) is 0 Å². The smallest absolute Gasteiger partial charge is 0.221 e. The topological polar surface area (TPSA) is 29.1 Å². The van der Waals surface area contributed by atoms with Crippen LogP contribution in [0.2, 0.25) is 0 Å². The number of benzene rings is 1. The molecule has 16 heavy (non-hydrogen) atoms. The highest BCUT2D eigenvalue weighted by Crippen LogP contribution is 2.40. The molecule has 0 saturated carbocycles. The van der Waals surface area contributed by atoms with Gasteiger partial charge in [0, 0.05) is 17.9 Å². The molecule has 0 radical (unpaired) electrons. The largest absolute Gasteiger partial charge is 0.352 e. The predicted octanol–water partition coefficient (Wildman–Crippen LogP) is 2.63. The molecule has 0 aliphatic carbocycles. The Balaban J connectivity index is 2.42. The highest BCUT2D eigenvalue weighted by Gasteiger charge is 2.45. The average Bonchev–Trinajstić information content (AvgIpc) is 2.68. The maximum atomic E-state index is 11.6. The Hall–Kier alpha value is -1.31. The van der Waals surface area contributed by atoms with Crippen molar-refractivity contribution in [1.82, 2.24) is 5.32 Å². The SMILES string of the molecule is CCC1NC(=O)CC1(CC)c1ccccc1. The normalized spacial score (nSPS) is 29.1. The lowest BCUT2D eigenvalue weighted by atomic mass is 9.71. The number of rotatable bonds is 3. The monoisotopic (exact) mass is 217 g/mol. The van der Waals surface area contributed by atoms with Crippen molar-refractivity contribution in [2.45, 2.75) is 44.6 Å². The molecule has 0 aromatic heterocycles. The van der Waals surface area contributed by atoms with E-state index in [9.17, 15) is 4.79 Å². The summed E-state index contributed by atoms with van der Waals surface area (Å²) in [5.74, 6) is 0.192. The molecule has 1 aromatic rings. The van der Waals surface area contributed by atoms with E-state index >= 15 is 0 Å². The number of carbonyl (C=O) groups excluding carboxylic acids is 1. The van der Waals surface area contributed by atoms with Gasteiger partial charge in [-0.05, 0) is 18.4 Å². The van der Waals surface area contributed by atoms with Crippen LogP contribution in [-0.4, -0.2) is 11.9 Å². The summed E-state index contributed by atoms with van der Waals surface area (Å²) in [6, 6.07) is 10.7. The Morgan fingerprint density at radius 3 is 2.56 bits per heavy atom. The molecule has 1 saturated heterocycles. The van der Waals surface area contributed by atoms with Gasteiger partial charge in [0.05, 0.1) is 0 Å². The van der Waals surface area contributed by atoms with E-state index in [0.717, 1.165) is 12.8 Å². The van der Waals surface area contributed by atoms with Crippen molar-refractivity contribution in [3.8, 4) is 0 Å². The van der Waals surface area contributed by atoms with Crippen molar-refractivity contribution >= 4 is 5.91 Å². The van der Waals surface area contributed by atoms with Crippen molar-refractivity contribution in [1.29, 1.82) is 0 Å². The third-order valence-electron chi connectivity index (χ3n) is 3.87. The van der Waals surface area contributed by atoms with Crippen molar-refractivity contribution in [2.75, 3.05) is 0 Å². The first-order valence-corrected chi connectivity index (χ1v) is 6.08. The van der Waals surface area contributed by atoms with Crippen LogP contribution in [0.3, 0.4) is 0 Å². The van der Waals surface area contributed by atoms with Gasteiger partial charge in [0.2, 0.25) is 5.91 Å². The molecule has 1 heterocycles. The Labute approximate surface area is 97.1 Å². The molecule has 1 fully saturated rings. The average molecular weight is 217 g/mol. The fraction of sp³-hybridized carbons (Fsp3) is 0.500. The van der Waals surface area contributed by atoms with Crippen LogP contribution in [0.1, 0.15) is 38.7 Å². The minimum Gasteiger partial charge on any atom is -0.352 e. The summed E-state index contributed by atoms with van der Waals surface area (Å²) in [5.41, 5.74) is 1.30. The zero-order chi connectivity index (χ0) is 11.6. The number of hydrogen-bond acceptors (Lipinski definition) is 1. The second-order valence-electron chi connectivity index (χ2n) is 4.58. The zero-order valence-electron chi connectivity index (χ0n) is 9.99. The van der Waals surface area contributed by atoms with Gasteiger partial charge in [-0.1, -0.05) is 44.2 Å². The lowest BCUT2D eigenvalue weighted by molar-refractivity contribution is -0.119. The second-order valence-corrected chi connectivity index (χ2v) is 4.58. The van der Waals surface area contributed by atoms with E-state index in [-0.39, 0.29) is 17.4 Å². The fourth-order valence-corrected chi connectivity index (χ4v) is 2.93. The van der Waals surface area contributed by atoms with E-state index in [0.29, 0.717) is 6.42 Å². The third kappa shape index (κ3) is 1.62. The van der Waals surface area contributed by atoms with Gasteiger partial charge in [0.1, 0.15) is 0 Å². The van der Waals surface area contributed by atoms with Gasteiger partial charge in [-0.25, -0.2) is 0 Å². The Kier molecular flexibility index (Phi) is 2.99. The van der Waals surface area contributed by atoms with E-state index in [4.69, 9.17) is 0 Å². The Bertz CT molecular complexity index is 374. The molecular formula is C14H19NO. The number of nitrogens with one attached hydrogen (secondary N) is 1. The van der Waals surface area contributed by atoms with Crippen molar-refractivity contribution < 1.29 is 4.79 Å². The minimum atomic E-state index is 0.00704. The predicted molar refractivity (Wildman–Crippen MR) is 65.2 cm³/mol. The van der Waals surface area contributed by atoms with Crippen LogP contribution in [-0.2, 0) is 10.2 Å². The number of hydrogen-bond donors (Lipinski definition) is 1. The summed E-state index contributed by atoms with van der Waals surface area (Å²) < 4.78 is 0. The summed E-state index contributed by atoms with van der Waals surface area (Å²) >= 11 is 0. The molecule has 1 aromatic carbocycles. The van der Waals surface area contributed by atoms with Gasteiger partial charge >= 0.3 is 0 Å². The lowest BCUT2D eigenvalue weighted by Crippen LogP contribution is -2.39. The van der Waals surface area contributed by atoms with E-state index < -0.39 is 0 Å². The molecule has 2 nitrogen and oxygen atoms in total.